The largest absolute Gasteiger partial charge is 0.486 e. The standard InChI is InChI=1S/C20H24FNO3/c1-14-3-7-16(8-4-14)22(2)20(23)19-12-11-18(25-19)13-24-17-9-5-15(21)6-10-17/h5-6,9-12,14,16H,3-4,7-8,13H2,1-2H3. The molecule has 0 aliphatic heterocycles. The zero-order valence-electron chi connectivity index (χ0n) is 14.7. The van der Waals surface area contributed by atoms with Gasteiger partial charge in [0.25, 0.3) is 5.91 Å². The molecule has 0 unspecified atom stereocenters. The Kier molecular flexibility index (Phi) is 5.41. The number of hydrogen-bond donors (Lipinski definition) is 0. The Hall–Kier alpha value is -2.30. The topological polar surface area (TPSA) is 42.7 Å². The molecule has 0 radical (unpaired) electrons. The molecule has 4 nitrogen and oxygen atoms in total. The zero-order chi connectivity index (χ0) is 17.8. The third-order valence-corrected chi connectivity index (χ3v) is 4.92. The summed E-state index contributed by atoms with van der Waals surface area (Å²) in [5.41, 5.74) is 0. The van der Waals surface area contributed by atoms with Crippen LogP contribution in [0.25, 0.3) is 0 Å². The summed E-state index contributed by atoms with van der Waals surface area (Å²) >= 11 is 0. The Balaban J connectivity index is 1.56. The Morgan fingerprint density at radius 3 is 2.52 bits per heavy atom. The first-order valence-electron chi connectivity index (χ1n) is 8.77. The first-order valence-corrected chi connectivity index (χ1v) is 8.77. The highest BCUT2D eigenvalue weighted by Crippen LogP contribution is 2.27. The van der Waals surface area contributed by atoms with Crippen LogP contribution in [0.15, 0.2) is 40.8 Å². The van der Waals surface area contributed by atoms with Crippen molar-refractivity contribution >= 4 is 5.91 Å². The monoisotopic (exact) mass is 345 g/mol. The molecular formula is C20H24FNO3. The van der Waals surface area contributed by atoms with E-state index in [-0.39, 0.29) is 24.4 Å². The van der Waals surface area contributed by atoms with Gasteiger partial charge < -0.3 is 14.1 Å². The van der Waals surface area contributed by atoms with Crippen LogP contribution < -0.4 is 4.74 Å². The van der Waals surface area contributed by atoms with E-state index in [1.54, 1.807) is 29.2 Å². The van der Waals surface area contributed by atoms with Crippen molar-refractivity contribution in [3.63, 3.8) is 0 Å². The number of rotatable bonds is 5. The number of benzene rings is 1. The molecule has 1 saturated carbocycles. The van der Waals surface area contributed by atoms with Crippen LogP contribution in [0.4, 0.5) is 4.39 Å². The van der Waals surface area contributed by atoms with Crippen LogP contribution in [0.3, 0.4) is 0 Å². The van der Waals surface area contributed by atoms with Crippen molar-refractivity contribution in [2.75, 3.05) is 7.05 Å². The van der Waals surface area contributed by atoms with Gasteiger partial charge in [0.2, 0.25) is 0 Å². The van der Waals surface area contributed by atoms with E-state index in [4.69, 9.17) is 9.15 Å². The van der Waals surface area contributed by atoms with Crippen molar-refractivity contribution in [2.45, 2.75) is 45.3 Å². The third kappa shape index (κ3) is 4.41. The molecule has 0 saturated heterocycles. The molecule has 1 aliphatic carbocycles. The van der Waals surface area contributed by atoms with Crippen LogP contribution in [0.2, 0.25) is 0 Å². The summed E-state index contributed by atoms with van der Waals surface area (Å²) in [6, 6.07) is 9.51. The van der Waals surface area contributed by atoms with Crippen LogP contribution in [0.1, 0.15) is 48.9 Å². The van der Waals surface area contributed by atoms with Gasteiger partial charge in [-0.1, -0.05) is 6.92 Å². The molecular weight excluding hydrogens is 321 g/mol. The first kappa shape index (κ1) is 17.5. The van der Waals surface area contributed by atoms with Gasteiger partial charge in [-0.15, -0.1) is 0 Å². The number of carbonyl (C=O) groups is 1. The molecule has 0 atom stereocenters. The second-order valence-corrected chi connectivity index (χ2v) is 6.84. The van der Waals surface area contributed by atoms with Gasteiger partial charge in [-0.2, -0.15) is 0 Å². The summed E-state index contributed by atoms with van der Waals surface area (Å²) in [6.45, 7) is 2.46. The van der Waals surface area contributed by atoms with Crippen molar-refractivity contribution in [3.05, 3.63) is 53.7 Å². The normalized spacial score (nSPS) is 20.3. The number of halogens is 1. The lowest BCUT2D eigenvalue weighted by molar-refractivity contribution is 0.0643. The molecule has 1 aromatic heterocycles. The average molecular weight is 345 g/mol. The Labute approximate surface area is 147 Å². The predicted molar refractivity (Wildman–Crippen MR) is 93.0 cm³/mol. The highest BCUT2D eigenvalue weighted by molar-refractivity contribution is 5.91. The first-order chi connectivity index (χ1) is 12.0. The average Bonchev–Trinajstić information content (AvgIpc) is 3.10. The number of hydrogen-bond acceptors (Lipinski definition) is 3. The fourth-order valence-corrected chi connectivity index (χ4v) is 3.23. The van der Waals surface area contributed by atoms with Gasteiger partial charge in [0.1, 0.15) is 23.9 Å². The van der Waals surface area contributed by atoms with Gasteiger partial charge in [-0.25, -0.2) is 4.39 Å². The van der Waals surface area contributed by atoms with E-state index in [9.17, 15) is 9.18 Å². The van der Waals surface area contributed by atoms with Gasteiger partial charge in [0.05, 0.1) is 0 Å². The molecule has 1 heterocycles. The van der Waals surface area contributed by atoms with E-state index < -0.39 is 0 Å². The fourth-order valence-electron chi connectivity index (χ4n) is 3.23. The molecule has 1 aromatic carbocycles. The lowest BCUT2D eigenvalue weighted by Gasteiger charge is -2.33. The molecule has 0 N–H and O–H groups in total. The van der Waals surface area contributed by atoms with E-state index >= 15 is 0 Å². The lowest BCUT2D eigenvalue weighted by atomic mass is 9.87. The third-order valence-electron chi connectivity index (χ3n) is 4.92. The maximum atomic E-state index is 12.9. The molecule has 1 amide bonds. The van der Waals surface area contributed by atoms with E-state index in [0.29, 0.717) is 17.3 Å². The Morgan fingerprint density at radius 1 is 1.16 bits per heavy atom. The van der Waals surface area contributed by atoms with Gasteiger partial charge in [-0.05, 0) is 68.0 Å². The van der Waals surface area contributed by atoms with Crippen LogP contribution in [-0.2, 0) is 6.61 Å². The van der Waals surface area contributed by atoms with Gasteiger partial charge in [0.15, 0.2) is 5.76 Å². The molecule has 25 heavy (non-hydrogen) atoms. The molecule has 3 rings (SSSR count). The van der Waals surface area contributed by atoms with E-state index in [2.05, 4.69) is 6.92 Å². The number of carbonyl (C=O) groups excluding carboxylic acids is 1. The SMILES string of the molecule is CC1CCC(N(C)C(=O)c2ccc(COc3ccc(F)cc3)o2)CC1. The number of ether oxygens (including phenoxy) is 1. The second-order valence-electron chi connectivity index (χ2n) is 6.84. The van der Waals surface area contributed by atoms with Crippen molar-refractivity contribution in [3.8, 4) is 5.75 Å². The second kappa shape index (κ2) is 7.72. The summed E-state index contributed by atoms with van der Waals surface area (Å²) in [7, 11) is 1.85. The number of nitrogens with zero attached hydrogens (tertiary/aromatic N) is 1. The minimum atomic E-state index is -0.307. The van der Waals surface area contributed by atoms with Crippen molar-refractivity contribution in [1.29, 1.82) is 0 Å². The molecule has 1 aliphatic rings. The summed E-state index contributed by atoms with van der Waals surface area (Å²) in [4.78, 5) is 14.4. The van der Waals surface area contributed by atoms with Crippen LogP contribution in [0, 0.1) is 11.7 Å². The molecule has 0 bridgehead atoms. The minimum Gasteiger partial charge on any atom is -0.486 e. The molecule has 5 heteroatoms. The van der Waals surface area contributed by atoms with Crippen molar-refractivity contribution in [2.24, 2.45) is 5.92 Å². The highest BCUT2D eigenvalue weighted by Gasteiger charge is 2.26. The van der Waals surface area contributed by atoms with Crippen LogP contribution >= 0.6 is 0 Å². The van der Waals surface area contributed by atoms with E-state index in [0.717, 1.165) is 31.6 Å². The summed E-state index contributed by atoms with van der Waals surface area (Å²) in [6.07, 6.45) is 4.42. The number of amides is 1. The molecule has 2 aromatic rings. The fraction of sp³-hybridized carbons (Fsp3) is 0.450. The van der Waals surface area contributed by atoms with Crippen molar-refractivity contribution < 1.29 is 18.3 Å². The Bertz CT molecular complexity index is 702. The Morgan fingerprint density at radius 2 is 1.84 bits per heavy atom. The van der Waals surface area contributed by atoms with Gasteiger partial charge in [-0.3, -0.25) is 4.79 Å². The van der Waals surface area contributed by atoms with Gasteiger partial charge >= 0.3 is 0 Å². The molecule has 134 valence electrons. The molecule has 1 fully saturated rings. The summed E-state index contributed by atoms with van der Waals surface area (Å²) in [5, 5.41) is 0. The minimum absolute atomic E-state index is 0.0902. The zero-order valence-corrected chi connectivity index (χ0v) is 14.7. The lowest BCUT2D eigenvalue weighted by Crippen LogP contribution is -2.39. The quantitative estimate of drug-likeness (QED) is 0.792. The molecule has 0 spiro atoms. The smallest absolute Gasteiger partial charge is 0.289 e. The van der Waals surface area contributed by atoms with Crippen molar-refractivity contribution in [1.82, 2.24) is 4.90 Å². The van der Waals surface area contributed by atoms with Crippen LogP contribution in [0.5, 0.6) is 5.75 Å². The van der Waals surface area contributed by atoms with Crippen LogP contribution in [-0.4, -0.2) is 23.9 Å². The summed E-state index contributed by atoms with van der Waals surface area (Å²) in [5.74, 6) is 1.81. The summed E-state index contributed by atoms with van der Waals surface area (Å²) < 4.78 is 24.1. The van der Waals surface area contributed by atoms with Gasteiger partial charge in [0, 0.05) is 13.1 Å². The maximum Gasteiger partial charge on any atom is 0.289 e. The number of furan rings is 1. The predicted octanol–water partition coefficient (Wildman–Crippen LogP) is 4.65. The van der Waals surface area contributed by atoms with E-state index in [1.807, 2.05) is 7.05 Å². The van der Waals surface area contributed by atoms with E-state index in [1.165, 1.54) is 12.1 Å². The highest BCUT2D eigenvalue weighted by atomic mass is 19.1. The maximum absolute atomic E-state index is 12.9.